The van der Waals surface area contributed by atoms with Crippen LogP contribution < -0.4 is 4.74 Å². The van der Waals surface area contributed by atoms with Gasteiger partial charge in [-0.1, -0.05) is 27.5 Å². The maximum atomic E-state index is 5.86. The van der Waals surface area contributed by atoms with Crippen LogP contribution in [0.3, 0.4) is 0 Å². The minimum atomic E-state index is 0.279. The van der Waals surface area contributed by atoms with E-state index >= 15 is 0 Å². The van der Waals surface area contributed by atoms with Crippen molar-refractivity contribution in [3.63, 3.8) is 0 Å². The highest BCUT2D eigenvalue weighted by atomic mass is 79.9. The van der Waals surface area contributed by atoms with Crippen LogP contribution in [0, 0.1) is 6.92 Å². The normalized spacial score (nSPS) is 10.4. The Bertz CT molecular complexity index is 558. The zero-order valence-corrected chi connectivity index (χ0v) is 13.4. The quantitative estimate of drug-likeness (QED) is 0.719. The molecule has 3 nitrogen and oxygen atoms in total. The summed E-state index contributed by atoms with van der Waals surface area (Å²) in [6.45, 7) is 2.15. The summed E-state index contributed by atoms with van der Waals surface area (Å²) in [4.78, 5) is 8.35. The van der Waals surface area contributed by atoms with E-state index in [1.165, 1.54) is 0 Å². The molecule has 0 bridgehead atoms. The highest BCUT2D eigenvalue weighted by Gasteiger charge is 2.05. The van der Waals surface area contributed by atoms with Crippen molar-refractivity contribution in [3.8, 4) is 5.75 Å². The smallest absolute Gasteiger partial charge is 0.167 e. The Kier molecular flexibility index (Phi) is 4.59. The zero-order valence-electron chi connectivity index (χ0n) is 9.45. The van der Waals surface area contributed by atoms with E-state index < -0.39 is 0 Å². The van der Waals surface area contributed by atoms with E-state index in [1.54, 1.807) is 6.07 Å². The lowest BCUT2D eigenvalue weighted by Gasteiger charge is -2.08. The van der Waals surface area contributed by atoms with Crippen LogP contribution in [0.25, 0.3) is 0 Å². The minimum Gasteiger partial charge on any atom is -0.484 e. The number of rotatable bonds is 3. The molecule has 0 aliphatic rings. The lowest BCUT2D eigenvalue weighted by atomic mass is 10.3. The molecule has 1 aromatic carbocycles. The molecule has 0 saturated carbocycles. The van der Waals surface area contributed by atoms with Crippen molar-refractivity contribution in [2.24, 2.45) is 0 Å². The topological polar surface area (TPSA) is 35.0 Å². The molecule has 0 amide bonds. The van der Waals surface area contributed by atoms with Gasteiger partial charge in [0.05, 0.1) is 4.47 Å². The predicted molar refractivity (Wildman–Crippen MR) is 78.0 cm³/mol. The van der Waals surface area contributed by atoms with Crippen molar-refractivity contribution >= 4 is 43.5 Å². The first-order chi connectivity index (χ1) is 8.54. The van der Waals surface area contributed by atoms with Gasteiger partial charge >= 0.3 is 0 Å². The highest BCUT2D eigenvalue weighted by Crippen LogP contribution is 2.28. The molecule has 2 aromatic rings. The maximum Gasteiger partial charge on any atom is 0.167 e. The first-order valence-corrected chi connectivity index (χ1v) is 7.09. The largest absolute Gasteiger partial charge is 0.484 e. The predicted octanol–water partition coefficient (Wildman–Crippen LogP) is 4.54. The summed E-state index contributed by atoms with van der Waals surface area (Å²) in [5, 5.41) is 0.427. The molecule has 0 N–H and O–H groups in total. The summed E-state index contributed by atoms with van der Waals surface area (Å²) in [5.74, 6) is 1.30. The van der Waals surface area contributed by atoms with Crippen molar-refractivity contribution in [1.29, 1.82) is 0 Å². The van der Waals surface area contributed by atoms with E-state index in [9.17, 15) is 0 Å². The summed E-state index contributed by atoms with van der Waals surface area (Å²) >= 11 is 12.7. The third kappa shape index (κ3) is 3.67. The highest BCUT2D eigenvalue weighted by molar-refractivity contribution is 9.11. The van der Waals surface area contributed by atoms with E-state index in [-0.39, 0.29) is 6.61 Å². The monoisotopic (exact) mass is 390 g/mol. The number of hydrogen-bond acceptors (Lipinski definition) is 3. The Morgan fingerprint density at radius 1 is 1.22 bits per heavy atom. The molecule has 2 rings (SSSR count). The van der Waals surface area contributed by atoms with Crippen molar-refractivity contribution in [3.05, 3.63) is 49.9 Å². The number of aromatic nitrogens is 2. The van der Waals surface area contributed by atoms with Crippen molar-refractivity contribution in [2.45, 2.75) is 13.5 Å². The first-order valence-electron chi connectivity index (χ1n) is 5.12. The molecule has 1 heterocycles. The molecule has 6 heteroatoms. The summed E-state index contributed by atoms with van der Waals surface area (Å²) in [6, 6.07) is 7.40. The van der Waals surface area contributed by atoms with Crippen LogP contribution in [0.2, 0.25) is 5.15 Å². The van der Waals surface area contributed by atoms with E-state index in [4.69, 9.17) is 16.3 Å². The molecule has 0 unspecified atom stereocenters. The van der Waals surface area contributed by atoms with E-state index in [2.05, 4.69) is 41.8 Å². The molecule has 0 fully saturated rings. The number of aryl methyl sites for hydroxylation is 1. The summed E-state index contributed by atoms with van der Waals surface area (Å²) < 4.78 is 7.49. The van der Waals surface area contributed by atoms with Crippen LogP contribution >= 0.6 is 43.5 Å². The van der Waals surface area contributed by atoms with Crippen molar-refractivity contribution < 1.29 is 4.74 Å². The van der Waals surface area contributed by atoms with Gasteiger partial charge in [0.2, 0.25) is 0 Å². The fourth-order valence-electron chi connectivity index (χ4n) is 1.39. The van der Waals surface area contributed by atoms with Crippen LogP contribution in [-0.2, 0) is 6.61 Å². The second-order valence-electron chi connectivity index (χ2n) is 3.61. The molecular formula is C12H9Br2ClN2O. The van der Waals surface area contributed by atoms with Crippen LogP contribution in [0.15, 0.2) is 33.2 Å². The number of hydrogen-bond donors (Lipinski definition) is 0. The molecule has 1 aromatic heterocycles. The molecule has 0 aliphatic heterocycles. The van der Waals surface area contributed by atoms with E-state index in [0.717, 1.165) is 20.4 Å². The lowest BCUT2D eigenvalue weighted by Crippen LogP contribution is -2.03. The third-order valence-electron chi connectivity index (χ3n) is 2.12. The van der Waals surface area contributed by atoms with Crippen LogP contribution in [0.1, 0.15) is 11.5 Å². The Hall–Kier alpha value is -0.650. The summed E-state index contributed by atoms with van der Waals surface area (Å²) in [6.07, 6.45) is 0. The summed E-state index contributed by atoms with van der Waals surface area (Å²) in [7, 11) is 0. The average molecular weight is 392 g/mol. The van der Waals surface area contributed by atoms with Gasteiger partial charge in [0, 0.05) is 10.2 Å². The molecule has 0 atom stereocenters. The Labute approximate surface area is 127 Å². The molecule has 0 saturated heterocycles. The minimum absolute atomic E-state index is 0.279. The van der Waals surface area contributed by atoms with Crippen LogP contribution in [0.5, 0.6) is 5.75 Å². The van der Waals surface area contributed by atoms with E-state index in [0.29, 0.717) is 11.0 Å². The molecule has 0 spiro atoms. The molecule has 94 valence electrons. The maximum absolute atomic E-state index is 5.86. The van der Waals surface area contributed by atoms with Crippen LogP contribution in [-0.4, -0.2) is 9.97 Å². The number of ether oxygens (including phenoxy) is 1. The van der Waals surface area contributed by atoms with Crippen LogP contribution in [0.4, 0.5) is 0 Å². The number of halogens is 3. The van der Waals surface area contributed by atoms with Crippen molar-refractivity contribution in [1.82, 2.24) is 9.97 Å². The first kappa shape index (κ1) is 13.8. The van der Waals surface area contributed by atoms with Gasteiger partial charge in [0.25, 0.3) is 0 Å². The van der Waals surface area contributed by atoms with E-state index in [1.807, 2.05) is 25.1 Å². The Morgan fingerprint density at radius 2 is 2.00 bits per heavy atom. The van der Waals surface area contributed by atoms with Crippen molar-refractivity contribution in [2.75, 3.05) is 0 Å². The third-order valence-corrected chi connectivity index (χ3v) is 3.43. The fraction of sp³-hybridized carbons (Fsp3) is 0.167. The standard InChI is InChI=1S/C12H9Br2ClN2O/c1-7-4-11(15)17-12(16-7)6-18-10-3-2-8(13)5-9(10)14/h2-5H,6H2,1H3. The van der Waals surface area contributed by atoms with Gasteiger partial charge in [-0.3, -0.25) is 0 Å². The number of nitrogens with zero attached hydrogens (tertiary/aromatic N) is 2. The second kappa shape index (κ2) is 5.99. The SMILES string of the molecule is Cc1cc(Cl)nc(COc2ccc(Br)cc2Br)n1. The Morgan fingerprint density at radius 3 is 2.67 bits per heavy atom. The fourth-order valence-corrected chi connectivity index (χ4v) is 2.80. The molecule has 0 aliphatic carbocycles. The van der Waals surface area contributed by atoms with Gasteiger partial charge in [0.15, 0.2) is 5.82 Å². The van der Waals surface area contributed by atoms with Gasteiger partial charge in [-0.15, -0.1) is 0 Å². The molecule has 0 radical (unpaired) electrons. The van der Waals surface area contributed by atoms with Gasteiger partial charge < -0.3 is 4.74 Å². The zero-order chi connectivity index (χ0) is 13.1. The molecule has 18 heavy (non-hydrogen) atoms. The molecular weight excluding hydrogens is 383 g/mol. The van der Waals surface area contributed by atoms with Gasteiger partial charge in [-0.2, -0.15) is 0 Å². The van der Waals surface area contributed by atoms with Gasteiger partial charge in [-0.25, -0.2) is 9.97 Å². The van der Waals surface area contributed by atoms with Gasteiger partial charge in [0.1, 0.15) is 17.5 Å². The average Bonchev–Trinajstić information content (AvgIpc) is 2.26. The summed E-state index contributed by atoms with van der Waals surface area (Å²) in [5.41, 5.74) is 0.823. The lowest BCUT2D eigenvalue weighted by molar-refractivity contribution is 0.293. The Balaban J connectivity index is 2.11. The second-order valence-corrected chi connectivity index (χ2v) is 5.77. The number of benzene rings is 1. The van der Waals surface area contributed by atoms with Gasteiger partial charge in [-0.05, 0) is 47.1 Å².